The quantitative estimate of drug-likeness (QED) is 0.153. The summed E-state index contributed by atoms with van der Waals surface area (Å²) < 4.78 is 16.4. The number of nitrogens with zero attached hydrogens (tertiary/aromatic N) is 5. The lowest BCUT2D eigenvalue weighted by Crippen LogP contribution is -2.48. The topological polar surface area (TPSA) is 110 Å². The lowest BCUT2D eigenvalue weighted by molar-refractivity contribution is -0.137. The average molecular weight is 654 g/mol. The third-order valence-corrected chi connectivity index (χ3v) is 9.79. The Hall–Kier alpha value is -3.69. The van der Waals surface area contributed by atoms with Crippen LogP contribution >= 0.6 is 24.0 Å². The highest BCUT2D eigenvalue weighted by Gasteiger charge is 2.33. The maximum absolute atomic E-state index is 14.4. The second-order valence-electron chi connectivity index (χ2n) is 11.4. The number of anilines is 2. The number of thioether (sulfide) groups is 1. The van der Waals surface area contributed by atoms with Crippen LogP contribution in [0.3, 0.4) is 0 Å². The minimum absolute atomic E-state index is 0.0369. The fourth-order valence-electron chi connectivity index (χ4n) is 5.89. The van der Waals surface area contributed by atoms with E-state index < -0.39 is 11.5 Å². The summed E-state index contributed by atoms with van der Waals surface area (Å²) in [4.78, 5) is 43.4. The fraction of sp³-hybridized carbons (Fsp3) is 0.485. The Morgan fingerprint density at radius 3 is 2.24 bits per heavy atom. The van der Waals surface area contributed by atoms with Crippen molar-refractivity contribution in [2.24, 2.45) is 7.05 Å². The van der Waals surface area contributed by atoms with E-state index in [1.54, 1.807) is 37.1 Å². The summed E-state index contributed by atoms with van der Waals surface area (Å²) >= 11 is 6.81. The molecule has 4 rings (SSSR count). The first-order valence-corrected chi connectivity index (χ1v) is 16.7. The average Bonchev–Trinajstić information content (AvgIpc) is 3.28. The molecule has 12 heteroatoms. The van der Waals surface area contributed by atoms with E-state index in [-0.39, 0.29) is 23.7 Å². The maximum Gasteiger partial charge on any atom is 0.303 e. The van der Waals surface area contributed by atoms with Crippen LogP contribution in [-0.4, -0.2) is 63.5 Å². The Labute approximate surface area is 273 Å². The summed E-state index contributed by atoms with van der Waals surface area (Å²) in [5.74, 6) is -0.572. The number of thiocarbonyl (C=S) groups is 1. The number of hydrogen-bond donors (Lipinski definition) is 1. The molecule has 0 atom stereocenters. The van der Waals surface area contributed by atoms with Gasteiger partial charge in [0, 0.05) is 51.8 Å². The van der Waals surface area contributed by atoms with Gasteiger partial charge in [-0.3, -0.25) is 23.9 Å². The second kappa shape index (κ2) is 16.0. The zero-order valence-electron chi connectivity index (χ0n) is 25.9. The molecule has 0 unspecified atom stereocenters. The molecule has 3 heterocycles. The monoisotopic (exact) mass is 653 g/mol. The molecule has 2 aromatic rings. The number of aliphatic carboxylic acids is 1. The summed E-state index contributed by atoms with van der Waals surface area (Å²) in [5, 5.41) is 18.5. The first-order chi connectivity index (χ1) is 21.6. The van der Waals surface area contributed by atoms with E-state index in [4.69, 9.17) is 17.3 Å². The smallest absolute Gasteiger partial charge is 0.303 e. The molecule has 0 radical (unpaired) electrons. The van der Waals surface area contributed by atoms with Crippen molar-refractivity contribution in [2.45, 2.75) is 64.7 Å². The Morgan fingerprint density at radius 1 is 1.02 bits per heavy atom. The fourth-order valence-corrected chi connectivity index (χ4v) is 7.18. The number of piperazine rings is 1. The van der Waals surface area contributed by atoms with E-state index in [1.165, 1.54) is 22.4 Å². The first kappa shape index (κ1) is 34.2. The van der Waals surface area contributed by atoms with Crippen molar-refractivity contribution in [1.82, 2.24) is 9.47 Å². The SMILES string of the molecule is Cc1c(/C=C2\SC(=S)N(CCCCCCCCCCC(=O)O)C2=O)c(N2CCN(c3ccccc3F)CC2)n(C)c(=O)c1C#N. The van der Waals surface area contributed by atoms with Crippen molar-refractivity contribution in [1.29, 1.82) is 5.26 Å². The third kappa shape index (κ3) is 8.32. The van der Waals surface area contributed by atoms with Gasteiger partial charge in [-0.05, 0) is 43.5 Å². The molecule has 1 aromatic carbocycles. The van der Waals surface area contributed by atoms with Crippen LogP contribution < -0.4 is 15.4 Å². The highest BCUT2D eigenvalue weighted by Crippen LogP contribution is 2.36. The van der Waals surface area contributed by atoms with E-state index in [9.17, 15) is 24.0 Å². The van der Waals surface area contributed by atoms with Crippen LogP contribution in [0.5, 0.6) is 0 Å². The lowest BCUT2D eigenvalue weighted by Gasteiger charge is -2.38. The van der Waals surface area contributed by atoms with Gasteiger partial charge in [0.1, 0.15) is 27.6 Å². The molecule has 0 spiro atoms. The molecule has 9 nitrogen and oxygen atoms in total. The van der Waals surface area contributed by atoms with Crippen LogP contribution in [0.4, 0.5) is 15.9 Å². The van der Waals surface area contributed by atoms with Crippen molar-refractivity contribution in [3.8, 4) is 6.07 Å². The molecule has 0 aliphatic carbocycles. The van der Waals surface area contributed by atoms with Crippen LogP contribution in [0.2, 0.25) is 0 Å². The third-order valence-electron chi connectivity index (χ3n) is 8.41. The van der Waals surface area contributed by atoms with Crippen molar-refractivity contribution in [3.63, 3.8) is 0 Å². The van der Waals surface area contributed by atoms with Gasteiger partial charge in [0.25, 0.3) is 11.5 Å². The number of pyridine rings is 1. The predicted molar refractivity (Wildman–Crippen MR) is 181 cm³/mol. The summed E-state index contributed by atoms with van der Waals surface area (Å²) in [5.41, 5.74) is 1.33. The van der Waals surface area contributed by atoms with Crippen LogP contribution in [0, 0.1) is 24.1 Å². The molecule has 2 aliphatic heterocycles. The number of amides is 1. The van der Waals surface area contributed by atoms with E-state index in [0.717, 1.165) is 51.4 Å². The molecule has 2 aliphatic rings. The lowest BCUT2D eigenvalue weighted by atomic mass is 10.0. The highest BCUT2D eigenvalue weighted by molar-refractivity contribution is 8.26. The number of aromatic nitrogens is 1. The van der Waals surface area contributed by atoms with Gasteiger partial charge in [-0.25, -0.2) is 4.39 Å². The molecule has 240 valence electrons. The van der Waals surface area contributed by atoms with Crippen molar-refractivity contribution in [3.05, 3.63) is 62.0 Å². The molecule has 45 heavy (non-hydrogen) atoms. The number of rotatable bonds is 14. The van der Waals surface area contributed by atoms with Gasteiger partial charge in [-0.15, -0.1) is 0 Å². The number of carboxylic acid groups (broad SMARTS) is 1. The predicted octanol–water partition coefficient (Wildman–Crippen LogP) is 5.83. The van der Waals surface area contributed by atoms with Crippen molar-refractivity contribution < 1.29 is 19.1 Å². The van der Waals surface area contributed by atoms with Gasteiger partial charge >= 0.3 is 5.97 Å². The Kier molecular flexibility index (Phi) is 12.2. The zero-order valence-corrected chi connectivity index (χ0v) is 27.5. The van der Waals surface area contributed by atoms with Gasteiger partial charge in [0.15, 0.2) is 0 Å². The standard InChI is InChI=1S/C33H40FN5O4S2/c1-23-24(21-28-32(43)39(33(44)45-28)16-12-8-6-4-3-5-7-9-15-29(40)41)30(36(2)31(42)25(23)22-35)38-19-17-37(18-20-38)27-14-11-10-13-26(27)34/h10-11,13-14,21H,3-9,12,15-20H2,1-2H3,(H,40,41)/b28-21-. The number of carbonyl (C=O) groups is 2. The van der Waals surface area contributed by atoms with Crippen LogP contribution in [0.1, 0.15) is 74.5 Å². The summed E-state index contributed by atoms with van der Waals surface area (Å²) in [6, 6.07) is 8.72. The molecule has 2 saturated heterocycles. The van der Waals surface area contributed by atoms with Gasteiger partial charge in [-0.2, -0.15) is 5.26 Å². The number of benzene rings is 1. The molecule has 2 fully saturated rings. The van der Waals surface area contributed by atoms with Crippen molar-refractivity contribution in [2.75, 3.05) is 42.5 Å². The van der Waals surface area contributed by atoms with Gasteiger partial charge < -0.3 is 14.9 Å². The number of halogens is 1. The normalized spacial score (nSPS) is 16.1. The Bertz CT molecular complexity index is 1560. The molecule has 1 amide bonds. The number of unbranched alkanes of at least 4 members (excludes halogenated alkanes) is 7. The van der Waals surface area contributed by atoms with E-state index in [2.05, 4.69) is 4.90 Å². The summed E-state index contributed by atoms with van der Waals surface area (Å²) in [7, 11) is 1.64. The molecular weight excluding hydrogens is 614 g/mol. The van der Waals surface area contributed by atoms with Gasteiger partial charge in [0.05, 0.1) is 10.6 Å². The number of carboxylic acids is 1. The highest BCUT2D eigenvalue weighted by atomic mass is 32.2. The van der Waals surface area contributed by atoms with Gasteiger partial charge in [-0.1, -0.05) is 74.6 Å². The minimum Gasteiger partial charge on any atom is -0.481 e. The van der Waals surface area contributed by atoms with E-state index in [0.29, 0.717) is 64.6 Å². The number of nitriles is 1. The summed E-state index contributed by atoms with van der Waals surface area (Å²) in [6.45, 7) is 4.40. The molecular formula is C33H40FN5O4S2. The number of para-hydroxylation sites is 1. The zero-order chi connectivity index (χ0) is 32.5. The minimum atomic E-state index is -0.742. The molecule has 1 aromatic heterocycles. The number of carbonyl (C=O) groups excluding carboxylic acids is 1. The Morgan fingerprint density at radius 2 is 1.62 bits per heavy atom. The number of hydrogen-bond acceptors (Lipinski definition) is 8. The largest absolute Gasteiger partial charge is 0.481 e. The van der Waals surface area contributed by atoms with Crippen molar-refractivity contribution >= 4 is 57.8 Å². The van der Waals surface area contributed by atoms with Gasteiger partial charge in [0.2, 0.25) is 0 Å². The van der Waals surface area contributed by atoms with Crippen LogP contribution in [0.15, 0.2) is 34.0 Å². The van der Waals surface area contributed by atoms with E-state index in [1.807, 2.05) is 17.0 Å². The first-order valence-electron chi connectivity index (χ1n) is 15.5. The maximum atomic E-state index is 14.4. The van der Waals surface area contributed by atoms with Crippen LogP contribution in [-0.2, 0) is 16.6 Å². The molecule has 0 bridgehead atoms. The van der Waals surface area contributed by atoms with Crippen LogP contribution in [0.25, 0.3) is 6.08 Å². The Balaban J connectivity index is 1.43. The second-order valence-corrected chi connectivity index (χ2v) is 13.1. The van der Waals surface area contributed by atoms with E-state index >= 15 is 0 Å². The molecule has 0 saturated carbocycles. The molecule has 1 N–H and O–H groups in total. The summed E-state index contributed by atoms with van der Waals surface area (Å²) in [6.07, 6.45) is 9.69.